The van der Waals surface area contributed by atoms with Crippen molar-refractivity contribution in [3.8, 4) is 0 Å². The summed E-state index contributed by atoms with van der Waals surface area (Å²) >= 11 is 0. The number of aromatic carboxylic acids is 1. The fourth-order valence-electron chi connectivity index (χ4n) is 2.75. The smallest absolute Gasteiger partial charge is 0.335 e. The maximum atomic E-state index is 10.8. The molecule has 1 spiro atoms. The maximum Gasteiger partial charge on any atom is 0.335 e. The molecular weight excluding hydrogens is 244 g/mol. The normalized spacial score (nSPS) is 20.9. The highest BCUT2D eigenvalue weighted by Gasteiger charge is 2.41. The van der Waals surface area contributed by atoms with Crippen molar-refractivity contribution in [3.05, 3.63) is 35.4 Å². The van der Waals surface area contributed by atoms with E-state index in [2.05, 4.69) is 10.5 Å². The van der Waals surface area contributed by atoms with Gasteiger partial charge in [0.15, 0.2) is 5.60 Å². The summed E-state index contributed by atoms with van der Waals surface area (Å²) in [7, 11) is 0. The standard InChI is InChI=1S/C14H16N2O3/c17-13(18)11-3-1-10(2-4-11)12-9-14(19-16-12)5-7-15-8-6-14/h1-4,15H,5-9H2,(H,17,18)/p+1. The zero-order valence-electron chi connectivity index (χ0n) is 10.6. The SMILES string of the molecule is O=C(O)c1ccc(C2=NOC3(CC[NH2+]CC3)C2)cc1. The summed E-state index contributed by atoms with van der Waals surface area (Å²) in [5.74, 6) is -0.907. The first-order chi connectivity index (χ1) is 9.19. The molecule has 0 aliphatic carbocycles. The molecule has 19 heavy (non-hydrogen) atoms. The average Bonchev–Trinajstić information content (AvgIpc) is 2.83. The van der Waals surface area contributed by atoms with Crippen LogP contribution in [0.2, 0.25) is 0 Å². The van der Waals surface area contributed by atoms with E-state index in [1.165, 1.54) is 0 Å². The number of benzene rings is 1. The van der Waals surface area contributed by atoms with E-state index < -0.39 is 5.97 Å². The van der Waals surface area contributed by atoms with E-state index in [1.54, 1.807) is 24.3 Å². The van der Waals surface area contributed by atoms with Crippen LogP contribution in [0.3, 0.4) is 0 Å². The number of carbonyl (C=O) groups is 1. The first kappa shape index (κ1) is 12.2. The molecule has 0 unspecified atom stereocenters. The lowest BCUT2D eigenvalue weighted by molar-refractivity contribution is -0.668. The number of oxime groups is 1. The van der Waals surface area contributed by atoms with Crippen LogP contribution < -0.4 is 5.32 Å². The molecule has 0 aromatic heterocycles. The van der Waals surface area contributed by atoms with E-state index in [-0.39, 0.29) is 5.60 Å². The van der Waals surface area contributed by atoms with Gasteiger partial charge in [-0.25, -0.2) is 4.79 Å². The summed E-state index contributed by atoms with van der Waals surface area (Å²) in [6, 6.07) is 6.83. The third kappa shape index (κ3) is 2.33. The van der Waals surface area contributed by atoms with Crippen LogP contribution in [0.4, 0.5) is 0 Å². The summed E-state index contributed by atoms with van der Waals surface area (Å²) in [4.78, 5) is 16.5. The lowest BCUT2D eigenvalue weighted by atomic mass is 9.86. The Morgan fingerprint density at radius 3 is 2.58 bits per heavy atom. The van der Waals surface area contributed by atoms with Crippen LogP contribution >= 0.6 is 0 Å². The van der Waals surface area contributed by atoms with Gasteiger partial charge in [-0.3, -0.25) is 0 Å². The van der Waals surface area contributed by atoms with Gasteiger partial charge in [-0.15, -0.1) is 0 Å². The maximum absolute atomic E-state index is 10.8. The van der Waals surface area contributed by atoms with Crippen molar-refractivity contribution in [1.29, 1.82) is 0 Å². The van der Waals surface area contributed by atoms with Crippen LogP contribution in [-0.2, 0) is 4.84 Å². The molecule has 2 aliphatic rings. The van der Waals surface area contributed by atoms with Crippen LogP contribution in [0.5, 0.6) is 0 Å². The number of nitrogens with two attached hydrogens (primary N) is 1. The number of quaternary nitrogens is 1. The van der Waals surface area contributed by atoms with Crippen molar-refractivity contribution in [2.45, 2.75) is 24.9 Å². The molecule has 1 aromatic carbocycles. The molecule has 2 heterocycles. The van der Waals surface area contributed by atoms with E-state index in [4.69, 9.17) is 9.94 Å². The van der Waals surface area contributed by atoms with Crippen molar-refractivity contribution in [2.24, 2.45) is 5.16 Å². The first-order valence-electron chi connectivity index (χ1n) is 6.59. The predicted molar refractivity (Wildman–Crippen MR) is 69.3 cm³/mol. The van der Waals surface area contributed by atoms with E-state index in [0.717, 1.165) is 43.6 Å². The molecule has 3 N–H and O–H groups in total. The topological polar surface area (TPSA) is 75.5 Å². The van der Waals surface area contributed by atoms with Gasteiger partial charge in [-0.1, -0.05) is 17.3 Å². The monoisotopic (exact) mass is 261 g/mol. The molecular formula is C14H17N2O3+. The van der Waals surface area contributed by atoms with Gasteiger partial charge in [-0.05, 0) is 17.7 Å². The third-order valence-corrected chi connectivity index (χ3v) is 3.91. The van der Waals surface area contributed by atoms with Crippen molar-refractivity contribution in [3.63, 3.8) is 0 Å². The Hall–Kier alpha value is -1.88. The minimum Gasteiger partial charge on any atom is -0.478 e. The molecule has 5 heteroatoms. The average molecular weight is 261 g/mol. The lowest BCUT2D eigenvalue weighted by Gasteiger charge is -2.28. The molecule has 0 amide bonds. The van der Waals surface area contributed by atoms with E-state index in [0.29, 0.717) is 5.56 Å². The highest BCUT2D eigenvalue weighted by atomic mass is 16.7. The van der Waals surface area contributed by atoms with Gasteiger partial charge in [0, 0.05) is 19.3 Å². The molecule has 1 saturated heterocycles. The zero-order valence-corrected chi connectivity index (χ0v) is 10.6. The molecule has 1 fully saturated rings. The molecule has 0 atom stereocenters. The molecule has 0 bridgehead atoms. The molecule has 5 nitrogen and oxygen atoms in total. The number of hydrogen-bond acceptors (Lipinski definition) is 3. The van der Waals surface area contributed by atoms with Gasteiger partial charge < -0.3 is 15.3 Å². The summed E-state index contributed by atoms with van der Waals surface area (Å²) in [5.41, 5.74) is 2.07. The fourth-order valence-corrected chi connectivity index (χ4v) is 2.75. The van der Waals surface area contributed by atoms with Crippen molar-refractivity contribution >= 4 is 11.7 Å². The van der Waals surface area contributed by atoms with Gasteiger partial charge in [0.25, 0.3) is 0 Å². The highest BCUT2D eigenvalue weighted by molar-refractivity contribution is 6.02. The Balaban J connectivity index is 1.75. The summed E-state index contributed by atoms with van der Waals surface area (Å²) in [5, 5.41) is 15.4. The van der Waals surface area contributed by atoms with E-state index in [1.807, 2.05) is 0 Å². The Bertz CT molecular complexity index is 516. The number of nitrogens with zero attached hydrogens (tertiary/aromatic N) is 1. The minimum atomic E-state index is -0.907. The molecule has 1 aromatic rings. The molecule has 100 valence electrons. The zero-order chi connectivity index (χ0) is 13.3. The van der Waals surface area contributed by atoms with Crippen molar-refractivity contribution in [2.75, 3.05) is 13.1 Å². The van der Waals surface area contributed by atoms with Crippen molar-refractivity contribution in [1.82, 2.24) is 0 Å². The van der Waals surface area contributed by atoms with Gasteiger partial charge in [-0.2, -0.15) is 0 Å². The lowest BCUT2D eigenvalue weighted by Crippen LogP contribution is -2.87. The van der Waals surface area contributed by atoms with Crippen LogP contribution in [-0.4, -0.2) is 35.5 Å². The van der Waals surface area contributed by atoms with Gasteiger partial charge in [0.1, 0.15) is 0 Å². The van der Waals surface area contributed by atoms with Crippen molar-refractivity contribution < 1.29 is 20.1 Å². The second-order valence-corrected chi connectivity index (χ2v) is 5.24. The second-order valence-electron chi connectivity index (χ2n) is 5.24. The van der Waals surface area contributed by atoms with Gasteiger partial charge >= 0.3 is 5.97 Å². The number of rotatable bonds is 2. The Morgan fingerprint density at radius 1 is 1.26 bits per heavy atom. The summed E-state index contributed by atoms with van der Waals surface area (Å²) in [6.07, 6.45) is 2.87. The molecule has 0 saturated carbocycles. The van der Waals surface area contributed by atoms with Crippen LogP contribution in [0.1, 0.15) is 35.2 Å². The second kappa shape index (κ2) is 4.66. The van der Waals surface area contributed by atoms with Crippen LogP contribution in [0, 0.1) is 0 Å². The fraction of sp³-hybridized carbons (Fsp3) is 0.429. The number of carboxylic acid groups (broad SMARTS) is 1. The van der Waals surface area contributed by atoms with Gasteiger partial charge in [0.2, 0.25) is 0 Å². The molecule has 2 aliphatic heterocycles. The van der Waals surface area contributed by atoms with Crippen LogP contribution in [0.15, 0.2) is 29.4 Å². The Labute approximate surface area is 111 Å². The third-order valence-electron chi connectivity index (χ3n) is 3.91. The number of hydrogen-bond donors (Lipinski definition) is 2. The highest BCUT2D eigenvalue weighted by Crippen LogP contribution is 2.33. The van der Waals surface area contributed by atoms with E-state index in [9.17, 15) is 4.79 Å². The first-order valence-corrected chi connectivity index (χ1v) is 6.59. The summed E-state index contributed by atoms with van der Waals surface area (Å²) < 4.78 is 0. The molecule has 3 rings (SSSR count). The number of piperidine rings is 1. The Kier molecular flexibility index (Phi) is 2.98. The summed E-state index contributed by atoms with van der Waals surface area (Å²) in [6.45, 7) is 2.17. The van der Waals surface area contributed by atoms with E-state index >= 15 is 0 Å². The quantitative estimate of drug-likeness (QED) is 0.818. The molecule has 0 radical (unpaired) electrons. The predicted octanol–water partition coefficient (Wildman–Crippen LogP) is 0.605. The minimum absolute atomic E-state index is 0.116. The van der Waals surface area contributed by atoms with Crippen LogP contribution in [0.25, 0.3) is 0 Å². The largest absolute Gasteiger partial charge is 0.478 e. The Morgan fingerprint density at radius 2 is 1.95 bits per heavy atom. The number of carboxylic acids is 1. The van der Waals surface area contributed by atoms with Gasteiger partial charge in [0.05, 0.1) is 24.4 Å².